The third-order valence-corrected chi connectivity index (χ3v) is 4.83. The zero-order chi connectivity index (χ0) is 16.1. The van der Waals surface area contributed by atoms with E-state index in [1.165, 1.54) is 6.42 Å². The maximum absolute atomic E-state index is 12.4. The van der Waals surface area contributed by atoms with Crippen molar-refractivity contribution in [2.75, 3.05) is 26.7 Å². The summed E-state index contributed by atoms with van der Waals surface area (Å²) in [6.45, 7) is 3.17. The Morgan fingerprint density at radius 1 is 1.35 bits per heavy atom. The molecule has 2 aliphatic heterocycles. The molecule has 126 valence electrons. The lowest BCUT2D eigenvalue weighted by Gasteiger charge is -2.26. The third kappa shape index (κ3) is 4.48. The normalized spacial score (nSPS) is 25.0. The van der Waals surface area contributed by atoms with Gasteiger partial charge in [-0.05, 0) is 38.8 Å². The molecule has 2 aliphatic rings. The number of hydrogen-bond donors (Lipinski definition) is 0. The Hall–Kier alpha value is -1.53. The maximum atomic E-state index is 12.4. The van der Waals surface area contributed by atoms with Crippen LogP contribution in [-0.4, -0.2) is 64.6 Å². The van der Waals surface area contributed by atoms with E-state index in [0.29, 0.717) is 12.5 Å². The van der Waals surface area contributed by atoms with Crippen LogP contribution in [0.25, 0.3) is 0 Å². The van der Waals surface area contributed by atoms with E-state index in [1.54, 1.807) is 12.4 Å². The van der Waals surface area contributed by atoms with Gasteiger partial charge in [-0.25, -0.2) is 9.97 Å². The second-order valence-corrected chi connectivity index (χ2v) is 6.56. The topological polar surface area (TPSA) is 58.6 Å². The standard InChI is InChI=1S/C17H26N4O2/c1-20(13-16-18-7-4-8-19-16)14-6-9-21(12-14)17(22)11-15-5-2-3-10-23-15/h4,7-8,14-15H,2-3,5-6,9-13H2,1H3/t14-,15-/m0/s1. The van der Waals surface area contributed by atoms with Gasteiger partial charge in [-0.2, -0.15) is 0 Å². The van der Waals surface area contributed by atoms with Gasteiger partial charge in [0.25, 0.3) is 0 Å². The Balaban J connectivity index is 1.46. The van der Waals surface area contributed by atoms with Gasteiger partial charge in [0.1, 0.15) is 5.82 Å². The van der Waals surface area contributed by atoms with E-state index in [1.807, 2.05) is 11.0 Å². The number of hydrogen-bond acceptors (Lipinski definition) is 5. The molecule has 0 spiro atoms. The number of carbonyl (C=O) groups excluding carboxylic acids is 1. The Morgan fingerprint density at radius 3 is 2.91 bits per heavy atom. The van der Waals surface area contributed by atoms with Crippen molar-refractivity contribution < 1.29 is 9.53 Å². The van der Waals surface area contributed by atoms with Crippen molar-refractivity contribution >= 4 is 5.91 Å². The minimum Gasteiger partial charge on any atom is -0.378 e. The Kier molecular flexibility index (Phi) is 5.56. The molecule has 0 radical (unpaired) electrons. The number of ether oxygens (including phenoxy) is 1. The highest BCUT2D eigenvalue weighted by atomic mass is 16.5. The first-order chi connectivity index (χ1) is 11.2. The largest absolute Gasteiger partial charge is 0.378 e. The number of rotatable bonds is 5. The van der Waals surface area contributed by atoms with Crippen LogP contribution in [-0.2, 0) is 16.1 Å². The number of aromatic nitrogens is 2. The lowest BCUT2D eigenvalue weighted by molar-refractivity contribution is -0.134. The van der Waals surface area contributed by atoms with Crippen molar-refractivity contribution in [3.05, 3.63) is 24.3 Å². The first-order valence-corrected chi connectivity index (χ1v) is 8.58. The maximum Gasteiger partial charge on any atom is 0.225 e. The van der Waals surface area contributed by atoms with Crippen molar-refractivity contribution in [2.45, 2.75) is 50.8 Å². The van der Waals surface area contributed by atoms with Crippen molar-refractivity contribution in [3.8, 4) is 0 Å². The molecule has 0 aromatic carbocycles. The van der Waals surface area contributed by atoms with Crippen molar-refractivity contribution in [2.24, 2.45) is 0 Å². The summed E-state index contributed by atoms with van der Waals surface area (Å²) in [4.78, 5) is 25.2. The van der Waals surface area contributed by atoms with Crippen molar-refractivity contribution in [1.29, 1.82) is 0 Å². The summed E-state index contributed by atoms with van der Waals surface area (Å²) in [6, 6.07) is 2.21. The highest BCUT2D eigenvalue weighted by molar-refractivity contribution is 5.77. The summed E-state index contributed by atoms with van der Waals surface area (Å²) in [6.07, 6.45) is 8.55. The monoisotopic (exact) mass is 318 g/mol. The van der Waals surface area contributed by atoms with Crippen LogP contribution in [0.15, 0.2) is 18.5 Å². The zero-order valence-corrected chi connectivity index (χ0v) is 13.9. The smallest absolute Gasteiger partial charge is 0.225 e. The van der Waals surface area contributed by atoms with Crippen LogP contribution >= 0.6 is 0 Å². The van der Waals surface area contributed by atoms with Crippen LogP contribution in [0.5, 0.6) is 0 Å². The molecule has 0 N–H and O–H groups in total. The lowest BCUT2D eigenvalue weighted by atomic mass is 10.1. The molecule has 3 rings (SSSR count). The summed E-state index contributed by atoms with van der Waals surface area (Å²) in [7, 11) is 2.08. The van der Waals surface area contributed by atoms with Gasteiger partial charge in [-0.1, -0.05) is 0 Å². The molecule has 0 aliphatic carbocycles. The summed E-state index contributed by atoms with van der Waals surface area (Å²) >= 11 is 0. The van der Waals surface area contributed by atoms with E-state index in [2.05, 4.69) is 21.9 Å². The molecular weight excluding hydrogens is 292 g/mol. The van der Waals surface area contributed by atoms with Crippen LogP contribution in [0.2, 0.25) is 0 Å². The minimum absolute atomic E-state index is 0.130. The molecule has 6 nitrogen and oxygen atoms in total. The predicted molar refractivity (Wildman–Crippen MR) is 86.7 cm³/mol. The average Bonchev–Trinajstić information content (AvgIpc) is 3.07. The van der Waals surface area contributed by atoms with E-state index in [9.17, 15) is 4.79 Å². The first kappa shape index (κ1) is 16.3. The Bertz CT molecular complexity index is 505. The molecule has 1 aromatic heterocycles. The molecule has 1 amide bonds. The second kappa shape index (κ2) is 7.84. The highest BCUT2D eigenvalue weighted by Gasteiger charge is 2.30. The molecule has 1 aromatic rings. The summed E-state index contributed by atoms with van der Waals surface area (Å²) in [5.74, 6) is 1.07. The minimum atomic E-state index is 0.130. The van der Waals surface area contributed by atoms with E-state index in [0.717, 1.165) is 51.3 Å². The zero-order valence-electron chi connectivity index (χ0n) is 13.9. The molecule has 0 bridgehead atoms. The fourth-order valence-electron chi connectivity index (χ4n) is 3.38. The van der Waals surface area contributed by atoms with Crippen LogP contribution in [0, 0.1) is 0 Å². The molecule has 0 saturated carbocycles. The van der Waals surface area contributed by atoms with Gasteiger partial charge in [-0.3, -0.25) is 9.69 Å². The fraction of sp³-hybridized carbons (Fsp3) is 0.706. The van der Waals surface area contributed by atoms with Crippen LogP contribution in [0.1, 0.15) is 37.9 Å². The molecule has 2 fully saturated rings. The van der Waals surface area contributed by atoms with Gasteiger partial charge < -0.3 is 9.64 Å². The van der Waals surface area contributed by atoms with E-state index >= 15 is 0 Å². The van der Waals surface area contributed by atoms with Gasteiger partial charge in [0.05, 0.1) is 19.1 Å². The lowest BCUT2D eigenvalue weighted by Crippen LogP contribution is -2.38. The van der Waals surface area contributed by atoms with E-state index < -0.39 is 0 Å². The van der Waals surface area contributed by atoms with Gasteiger partial charge in [0.15, 0.2) is 0 Å². The molecule has 23 heavy (non-hydrogen) atoms. The fourth-order valence-corrected chi connectivity index (χ4v) is 3.38. The molecule has 6 heteroatoms. The summed E-state index contributed by atoms with van der Waals surface area (Å²) in [5, 5.41) is 0. The van der Waals surface area contributed by atoms with E-state index in [4.69, 9.17) is 4.74 Å². The van der Waals surface area contributed by atoms with Gasteiger partial charge in [0.2, 0.25) is 5.91 Å². The number of carbonyl (C=O) groups is 1. The Labute approximate surface area is 137 Å². The Morgan fingerprint density at radius 2 is 2.17 bits per heavy atom. The third-order valence-electron chi connectivity index (χ3n) is 4.83. The number of amides is 1. The highest BCUT2D eigenvalue weighted by Crippen LogP contribution is 2.20. The van der Waals surface area contributed by atoms with Crippen LogP contribution in [0.4, 0.5) is 0 Å². The van der Waals surface area contributed by atoms with Crippen LogP contribution in [0.3, 0.4) is 0 Å². The SMILES string of the molecule is CN(Cc1ncccn1)[C@H]1CCN(C(=O)C[C@@H]2CCCCO2)C1. The molecule has 2 saturated heterocycles. The van der Waals surface area contributed by atoms with Crippen molar-refractivity contribution in [3.63, 3.8) is 0 Å². The summed E-state index contributed by atoms with van der Waals surface area (Å²) in [5.41, 5.74) is 0. The quantitative estimate of drug-likeness (QED) is 0.823. The van der Waals surface area contributed by atoms with Gasteiger partial charge >= 0.3 is 0 Å². The number of likely N-dealkylation sites (tertiary alicyclic amines) is 1. The van der Waals surface area contributed by atoms with Crippen molar-refractivity contribution in [1.82, 2.24) is 19.8 Å². The van der Waals surface area contributed by atoms with Crippen LogP contribution < -0.4 is 0 Å². The number of likely N-dealkylation sites (N-methyl/N-ethyl adjacent to an activating group) is 1. The second-order valence-electron chi connectivity index (χ2n) is 6.56. The molecule has 2 atom stereocenters. The summed E-state index contributed by atoms with van der Waals surface area (Å²) < 4.78 is 5.69. The van der Waals surface area contributed by atoms with Gasteiger partial charge in [0, 0.05) is 38.1 Å². The molecule has 3 heterocycles. The van der Waals surface area contributed by atoms with E-state index in [-0.39, 0.29) is 12.0 Å². The van der Waals surface area contributed by atoms with Gasteiger partial charge in [-0.15, -0.1) is 0 Å². The molecule has 0 unspecified atom stereocenters. The first-order valence-electron chi connectivity index (χ1n) is 8.58. The average molecular weight is 318 g/mol. The number of nitrogens with zero attached hydrogens (tertiary/aromatic N) is 4. The molecular formula is C17H26N4O2. The predicted octanol–water partition coefficient (Wildman–Crippen LogP) is 1.47.